The number of aromatic hydroxyl groups is 1. The maximum atomic E-state index is 9.63. The molecule has 2 N–H and O–H groups in total. The highest BCUT2D eigenvalue weighted by molar-refractivity contribution is 9.10. The van der Waals surface area contributed by atoms with Crippen LogP contribution in [0, 0.1) is 11.8 Å². The summed E-state index contributed by atoms with van der Waals surface area (Å²) < 4.78 is 0.721. The Kier molecular flexibility index (Phi) is 4.51. The van der Waals surface area contributed by atoms with Gasteiger partial charge >= 0.3 is 0 Å². The highest BCUT2D eigenvalue weighted by Crippen LogP contribution is 2.26. The predicted octanol–water partition coefficient (Wildman–Crippen LogP) is 2.27. The molecule has 0 aliphatic rings. The summed E-state index contributed by atoms with van der Waals surface area (Å²) in [7, 11) is 0. The molecular weight excluding hydrogens is 242 g/mol. The molecule has 0 saturated carbocycles. The minimum atomic E-state index is 0.296. The van der Waals surface area contributed by atoms with E-state index in [1.54, 1.807) is 6.92 Å². The number of hydrogen-bond donors (Lipinski definition) is 2. The number of para-hydroxylation sites is 1. The average Bonchev–Trinajstić information content (AvgIpc) is 2.19. The molecular formula is C11H12BrNO. The van der Waals surface area contributed by atoms with Gasteiger partial charge in [0.05, 0.1) is 11.0 Å². The fraction of sp³-hybridized carbons (Fsp3) is 0.273. The van der Waals surface area contributed by atoms with Crippen molar-refractivity contribution in [2.24, 2.45) is 0 Å². The second kappa shape index (κ2) is 5.69. The van der Waals surface area contributed by atoms with Gasteiger partial charge in [-0.15, -0.1) is 5.92 Å². The molecule has 2 nitrogen and oxygen atoms in total. The molecule has 0 aliphatic carbocycles. The molecule has 0 atom stereocenters. The van der Waals surface area contributed by atoms with E-state index < -0.39 is 0 Å². The van der Waals surface area contributed by atoms with Crippen LogP contribution >= 0.6 is 15.9 Å². The normalized spacial score (nSPS) is 9.29. The molecule has 0 bridgehead atoms. The van der Waals surface area contributed by atoms with Crippen molar-refractivity contribution in [3.8, 4) is 17.6 Å². The van der Waals surface area contributed by atoms with Gasteiger partial charge in [0.25, 0.3) is 0 Å². The molecule has 1 aromatic carbocycles. The molecule has 0 aliphatic heterocycles. The first-order valence-electron chi connectivity index (χ1n) is 4.32. The summed E-state index contributed by atoms with van der Waals surface area (Å²) in [5.41, 5.74) is 0.872. The van der Waals surface area contributed by atoms with E-state index in [2.05, 4.69) is 33.1 Å². The molecule has 1 aromatic rings. The van der Waals surface area contributed by atoms with Gasteiger partial charge < -0.3 is 10.4 Å². The van der Waals surface area contributed by atoms with Crippen molar-refractivity contribution in [3.63, 3.8) is 0 Å². The number of hydrogen-bond acceptors (Lipinski definition) is 2. The SMILES string of the molecule is CC#CCNCc1cccc(Br)c1O. The summed E-state index contributed by atoms with van der Waals surface area (Å²) in [6.45, 7) is 3.07. The van der Waals surface area contributed by atoms with Gasteiger partial charge in [-0.3, -0.25) is 0 Å². The Hall–Kier alpha value is -0.980. The van der Waals surface area contributed by atoms with Gasteiger partial charge in [0.2, 0.25) is 0 Å². The van der Waals surface area contributed by atoms with Gasteiger partial charge in [-0.25, -0.2) is 0 Å². The lowest BCUT2D eigenvalue weighted by Crippen LogP contribution is -2.13. The largest absolute Gasteiger partial charge is 0.506 e. The first-order valence-corrected chi connectivity index (χ1v) is 5.11. The van der Waals surface area contributed by atoms with Crippen LogP contribution in [-0.4, -0.2) is 11.7 Å². The van der Waals surface area contributed by atoms with E-state index in [-0.39, 0.29) is 0 Å². The minimum absolute atomic E-state index is 0.296. The van der Waals surface area contributed by atoms with E-state index in [4.69, 9.17) is 0 Å². The van der Waals surface area contributed by atoms with E-state index in [1.165, 1.54) is 0 Å². The number of phenols is 1. The van der Waals surface area contributed by atoms with Gasteiger partial charge in [-0.05, 0) is 28.9 Å². The number of benzene rings is 1. The van der Waals surface area contributed by atoms with Crippen LogP contribution in [0.2, 0.25) is 0 Å². The maximum absolute atomic E-state index is 9.63. The van der Waals surface area contributed by atoms with E-state index >= 15 is 0 Å². The topological polar surface area (TPSA) is 32.3 Å². The zero-order chi connectivity index (χ0) is 10.4. The number of phenolic OH excluding ortho intramolecular Hbond substituents is 1. The van der Waals surface area contributed by atoms with Crippen molar-refractivity contribution >= 4 is 15.9 Å². The van der Waals surface area contributed by atoms with E-state index in [0.717, 1.165) is 10.0 Å². The van der Waals surface area contributed by atoms with Crippen molar-refractivity contribution in [2.75, 3.05) is 6.54 Å². The van der Waals surface area contributed by atoms with E-state index in [0.29, 0.717) is 18.8 Å². The summed E-state index contributed by atoms with van der Waals surface area (Å²) in [6.07, 6.45) is 0. The monoisotopic (exact) mass is 253 g/mol. The molecule has 0 unspecified atom stereocenters. The summed E-state index contributed by atoms with van der Waals surface area (Å²) in [5, 5.41) is 12.7. The number of nitrogens with one attached hydrogen (secondary N) is 1. The summed E-state index contributed by atoms with van der Waals surface area (Å²) in [4.78, 5) is 0. The van der Waals surface area contributed by atoms with Crippen LogP contribution in [0.1, 0.15) is 12.5 Å². The van der Waals surface area contributed by atoms with Crippen LogP contribution in [0.3, 0.4) is 0 Å². The zero-order valence-corrected chi connectivity index (χ0v) is 9.56. The zero-order valence-electron chi connectivity index (χ0n) is 7.97. The Morgan fingerprint density at radius 1 is 1.50 bits per heavy atom. The summed E-state index contributed by atoms with van der Waals surface area (Å²) in [5.74, 6) is 5.99. The summed E-state index contributed by atoms with van der Waals surface area (Å²) in [6, 6.07) is 5.59. The van der Waals surface area contributed by atoms with Gasteiger partial charge in [-0.1, -0.05) is 18.1 Å². The van der Waals surface area contributed by atoms with E-state index in [1.807, 2.05) is 18.2 Å². The molecule has 14 heavy (non-hydrogen) atoms. The Balaban J connectivity index is 2.57. The highest BCUT2D eigenvalue weighted by Gasteiger charge is 2.02. The molecule has 0 aromatic heterocycles. The molecule has 0 fully saturated rings. The fourth-order valence-electron chi connectivity index (χ4n) is 1.05. The van der Waals surface area contributed by atoms with Crippen LogP contribution in [-0.2, 0) is 6.54 Å². The molecule has 0 radical (unpaired) electrons. The number of rotatable bonds is 3. The third-order valence-electron chi connectivity index (χ3n) is 1.78. The molecule has 0 spiro atoms. The fourth-order valence-corrected chi connectivity index (χ4v) is 1.46. The van der Waals surface area contributed by atoms with Crippen LogP contribution in [0.25, 0.3) is 0 Å². The van der Waals surface area contributed by atoms with E-state index in [9.17, 15) is 5.11 Å². The lowest BCUT2D eigenvalue weighted by atomic mass is 10.2. The third kappa shape index (κ3) is 3.06. The lowest BCUT2D eigenvalue weighted by molar-refractivity contribution is 0.462. The molecule has 0 amide bonds. The van der Waals surface area contributed by atoms with Crippen molar-refractivity contribution in [1.82, 2.24) is 5.32 Å². The molecule has 0 saturated heterocycles. The first kappa shape index (κ1) is 11.1. The van der Waals surface area contributed by atoms with Crippen LogP contribution in [0.5, 0.6) is 5.75 Å². The quantitative estimate of drug-likeness (QED) is 0.640. The van der Waals surface area contributed by atoms with Crippen molar-refractivity contribution in [1.29, 1.82) is 0 Å². The van der Waals surface area contributed by atoms with Crippen LogP contribution < -0.4 is 5.32 Å². The Morgan fingerprint density at radius 2 is 2.29 bits per heavy atom. The first-order chi connectivity index (χ1) is 6.75. The van der Waals surface area contributed by atoms with Crippen molar-refractivity contribution < 1.29 is 5.11 Å². The average molecular weight is 254 g/mol. The van der Waals surface area contributed by atoms with Crippen molar-refractivity contribution in [2.45, 2.75) is 13.5 Å². The van der Waals surface area contributed by atoms with Gasteiger partial charge in [0.1, 0.15) is 5.75 Å². The lowest BCUT2D eigenvalue weighted by Gasteiger charge is -2.05. The van der Waals surface area contributed by atoms with Crippen molar-refractivity contribution in [3.05, 3.63) is 28.2 Å². The second-order valence-corrected chi connectivity index (χ2v) is 3.63. The Morgan fingerprint density at radius 3 is 3.00 bits per heavy atom. The number of halogens is 1. The standard InChI is InChI=1S/C11H12BrNO/c1-2-3-7-13-8-9-5-4-6-10(12)11(9)14/h4-6,13-14H,7-8H2,1H3. The Labute approximate surface area is 92.5 Å². The maximum Gasteiger partial charge on any atom is 0.134 e. The molecule has 74 valence electrons. The second-order valence-electron chi connectivity index (χ2n) is 2.78. The van der Waals surface area contributed by atoms with Crippen LogP contribution in [0.4, 0.5) is 0 Å². The highest BCUT2D eigenvalue weighted by atomic mass is 79.9. The Bertz CT molecular complexity index is 365. The molecule has 1 rings (SSSR count). The van der Waals surface area contributed by atoms with Gasteiger partial charge in [0, 0.05) is 12.1 Å². The third-order valence-corrected chi connectivity index (χ3v) is 2.42. The van der Waals surface area contributed by atoms with Crippen LogP contribution in [0.15, 0.2) is 22.7 Å². The van der Waals surface area contributed by atoms with Gasteiger partial charge in [0.15, 0.2) is 0 Å². The summed E-state index contributed by atoms with van der Waals surface area (Å²) >= 11 is 3.26. The molecule has 3 heteroatoms. The minimum Gasteiger partial charge on any atom is -0.506 e. The molecule has 0 heterocycles. The smallest absolute Gasteiger partial charge is 0.134 e. The predicted molar refractivity (Wildman–Crippen MR) is 61.0 cm³/mol. The van der Waals surface area contributed by atoms with Gasteiger partial charge in [-0.2, -0.15) is 0 Å².